The second kappa shape index (κ2) is 5.50. The van der Waals surface area contributed by atoms with Gasteiger partial charge in [-0.2, -0.15) is 5.10 Å². The fraction of sp³-hybridized carbons (Fsp3) is 0.667. The van der Waals surface area contributed by atoms with Gasteiger partial charge in [0.25, 0.3) is 0 Å². The van der Waals surface area contributed by atoms with E-state index in [9.17, 15) is 14.7 Å². The third-order valence-electron chi connectivity index (χ3n) is 3.99. The summed E-state index contributed by atoms with van der Waals surface area (Å²) in [6.45, 7) is 8.42. The third kappa shape index (κ3) is 2.80. The Morgan fingerprint density at radius 1 is 1.48 bits per heavy atom. The lowest BCUT2D eigenvalue weighted by Crippen LogP contribution is -2.54. The van der Waals surface area contributed by atoms with Crippen molar-refractivity contribution in [1.82, 2.24) is 14.7 Å². The average molecular weight is 293 g/mol. The highest BCUT2D eigenvalue weighted by molar-refractivity contribution is 5.82. The van der Waals surface area contributed by atoms with Gasteiger partial charge in [0.05, 0.1) is 17.7 Å². The number of rotatable bonds is 3. The van der Waals surface area contributed by atoms with E-state index in [1.165, 1.54) is 0 Å². The van der Waals surface area contributed by atoms with Crippen molar-refractivity contribution in [3.05, 3.63) is 18.0 Å². The lowest BCUT2D eigenvalue weighted by atomic mass is 9.83. The Bertz CT molecular complexity index is 545. The van der Waals surface area contributed by atoms with Crippen molar-refractivity contribution in [1.29, 1.82) is 0 Å². The molecule has 21 heavy (non-hydrogen) atoms. The van der Waals surface area contributed by atoms with E-state index in [0.29, 0.717) is 13.0 Å². The van der Waals surface area contributed by atoms with Crippen LogP contribution in [0.15, 0.2) is 12.3 Å². The Balaban J connectivity index is 2.54. The van der Waals surface area contributed by atoms with Crippen LogP contribution < -0.4 is 0 Å². The fourth-order valence-corrected chi connectivity index (χ4v) is 3.14. The molecule has 6 nitrogen and oxygen atoms in total. The van der Waals surface area contributed by atoms with Crippen molar-refractivity contribution in [2.75, 3.05) is 0 Å². The van der Waals surface area contributed by atoms with Gasteiger partial charge in [0, 0.05) is 24.7 Å². The lowest BCUT2D eigenvalue weighted by Gasteiger charge is -2.47. The van der Waals surface area contributed by atoms with Crippen molar-refractivity contribution in [2.24, 2.45) is 5.92 Å². The largest absolute Gasteiger partial charge is 0.481 e. The fourth-order valence-electron chi connectivity index (χ4n) is 3.14. The highest BCUT2D eigenvalue weighted by Crippen LogP contribution is 2.40. The van der Waals surface area contributed by atoms with Crippen LogP contribution in [0, 0.1) is 5.92 Å². The van der Waals surface area contributed by atoms with E-state index in [0.717, 1.165) is 5.69 Å². The number of carbonyl (C=O) groups is 2. The summed E-state index contributed by atoms with van der Waals surface area (Å²) in [6, 6.07) is 1.35. The number of carboxylic acid groups (broad SMARTS) is 1. The van der Waals surface area contributed by atoms with Crippen LogP contribution in [0.1, 0.15) is 52.3 Å². The van der Waals surface area contributed by atoms with Crippen LogP contribution in [0.3, 0.4) is 0 Å². The maximum atomic E-state index is 12.4. The second-order valence-electron chi connectivity index (χ2n) is 6.43. The van der Waals surface area contributed by atoms with Gasteiger partial charge in [0.15, 0.2) is 0 Å². The molecule has 1 fully saturated rings. The van der Waals surface area contributed by atoms with Gasteiger partial charge < -0.3 is 10.0 Å². The van der Waals surface area contributed by atoms with Gasteiger partial charge in [-0.25, -0.2) is 0 Å². The molecule has 0 aliphatic carbocycles. The van der Waals surface area contributed by atoms with Crippen molar-refractivity contribution in [3.63, 3.8) is 0 Å². The molecule has 2 heterocycles. The van der Waals surface area contributed by atoms with E-state index < -0.39 is 23.5 Å². The van der Waals surface area contributed by atoms with Crippen LogP contribution in [0.5, 0.6) is 0 Å². The van der Waals surface area contributed by atoms with E-state index in [2.05, 4.69) is 5.10 Å². The molecule has 1 aliphatic rings. The Morgan fingerprint density at radius 2 is 2.14 bits per heavy atom. The number of aromatic nitrogens is 2. The molecule has 1 aliphatic heterocycles. The predicted octanol–water partition coefficient (Wildman–Crippen LogP) is 2.07. The number of hydrogen-bond donors (Lipinski definition) is 1. The summed E-state index contributed by atoms with van der Waals surface area (Å²) in [5, 5.41) is 13.8. The average Bonchev–Trinajstić information content (AvgIpc) is 2.84. The SMILES string of the molecule is CCn1nccc1C1C(C(=O)O)CCC(=O)N1C(C)(C)C. The van der Waals surface area contributed by atoms with Crippen molar-refractivity contribution in [2.45, 2.75) is 58.7 Å². The molecule has 2 atom stereocenters. The smallest absolute Gasteiger partial charge is 0.309 e. The number of aryl methyl sites for hydroxylation is 1. The molecule has 1 amide bonds. The van der Waals surface area contributed by atoms with Gasteiger partial charge in [-0.3, -0.25) is 14.3 Å². The molecule has 1 aromatic rings. The number of carbonyl (C=O) groups excluding carboxylic acids is 1. The number of carboxylic acids is 1. The van der Waals surface area contributed by atoms with E-state index >= 15 is 0 Å². The molecule has 0 saturated carbocycles. The minimum atomic E-state index is -0.856. The van der Waals surface area contributed by atoms with E-state index in [1.807, 2.05) is 33.8 Å². The van der Waals surface area contributed by atoms with Gasteiger partial charge in [0.2, 0.25) is 5.91 Å². The zero-order valence-corrected chi connectivity index (χ0v) is 13.0. The Hall–Kier alpha value is -1.85. The van der Waals surface area contributed by atoms with Crippen LogP contribution in [0.25, 0.3) is 0 Å². The van der Waals surface area contributed by atoms with E-state index in [4.69, 9.17) is 0 Å². The predicted molar refractivity (Wildman–Crippen MR) is 77.6 cm³/mol. The monoisotopic (exact) mass is 293 g/mol. The molecular weight excluding hydrogens is 270 g/mol. The van der Waals surface area contributed by atoms with Gasteiger partial charge in [-0.05, 0) is 40.2 Å². The van der Waals surface area contributed by atoms with Crippen LogP contribution in [-0.4, -0.2) is 37.2 Å². The summed E-state index contributed by atoms with van der Waals surface area (Å²) >= 11 is 0. The topological polar surface area (TPSA) is 75.4 Å². The van der Waals surface area contributed by atoms with Crippen LogP contribution >= 0.6 is 0 Å². The van der Waals surface area contributed by atoms with E-state index in [1.54, 1.807) is 15.8 Å². The summed E-state index contributed by atoms with van der Waals surface area (Å²) in [7, 11) is 0. The molecule has 1 N–H and O–H groups in total. The summed E-state index contributed by atoms with van der Waals surface area (Å²) in [6.07, 6.45) is 2.32. The van der Waals surface area contributed by atoms with Crippen LogP contribution in [0.2, 0.25) is 0 Å². The molecule has 1 saturated heterocycles. The summed E-state index contributed by atoms with van der Waals surface area (Å²) in [5.74, 6) is -1.44. The minimum Gasteiger partial charge on any atom is -0.481 e. The van der Waals surface area contributed by atoms with Gasteiger partial charge in [-0.1, -0.05) is 0 Å². The molecule has 0 spiro atoms. The summed E-state index contributed by atoms with van der Waals surface area (Å²) in [4.78, 5) is 25.8. The van der Waals surface area contributed by atoms with Crippen molar-refractivity contribution < 1.29 is 14.7 Å². The Morgan fingerprint density at radius 3 is 2.67 bits per heavy atom. The Labute approximate surface area is 124 Å². The van der Waals surface area contributed by atoms with Gasteiger partial charge in [0.1, 0.15) is 0 Å². The number of amides is 1. The number of aliphatic carboxylic acids is 1. The molecule has 0 aromatic carbocycles. The maximum Gasteiger partial charge on any atom is 0.309 e. The first-order chi connectivity index (χ1) is 9.77. The zero-order valence-electron chi connectivity index (χ0n) is 13.0. The highest BCUT2D eigenvalue weighted by atomic mass is 16.4. The molecular formula is C15H23N3O3. The molecule has 0 radical (unpaired) electrons. The molecule has 2 unspecified atom stereocenters. The number of nitrogens with zero attached hydrogens (tertiary/aromatic N) is 3. The minimum absolute atomic E-state index is 0.00820. The zero-order chi connectivity index (χ0) is 15.8. The van der Waals surface area contributed by atoms with Crippen molar-refractivity contribution in [3.8, 4) is 0 Å². The molecule has 6 heteroatoms. The first-order valence-electron chi connectivity index (χ1n) is 7.34. The Kier molecular flexibility index (Phi) is 4.07. The number of likely N-dealkylation sites (tertiary alicyclic amines) is 1. The lowest BCUT2D eigenvalue weighted by molar-refractivity contribution is -0.157. The molecule has 1 aromatic heterocycles. The van der Waals surface area contributed by atoms with Crippen LogP contribution in [0.4, 0.5) is 0 Å². The third-order valence-corrected chi connectivity index (χ3v) is 3.99. The molecule has 2 rings (SSSR count). The first-order valence-corrected chi connectivity index (χ1v) is 7.34. The van der Waals surface area contributed by atoms with Gasteiger partial charge >= 0.3 is 5.97 Å². The molecule has 116 valence electrons. The number of piperidine rings is 1. The van der Waals surface area contributed by atoms with E-state index in [-0.39, 0.29) is 12.3 Å². The van der Waals surface area contributed by atoms with Crippen LogP contribution in [-0.2, 0) is 16.1 Å². The normalized spacial score (nSPS) is 23.4. The van der Waals surface area contributed by atoms with Gasteiger partial charge in [-0.15, -0.1) is 0 Å². The molecule has 0 bridgehead atoms. The summed E-state index contributed by atoms with van der Waals surface area (Å²) < 4.78 is 1.78. The first kappa shape index (κ1) is 15.5. The standard InChI is InChI=1S/C15H23N3O3/c1-5-17-11(8-9-16-17)13-10(14(20)21)6-7-12(19)18(13)15(2,3)4/h8-10,13H,5-7H2,1-4H3,(H,20,21). The second-order valence-corrected chi connectivity index (χ2v) is 6.43. The maximum absolute atomic E-state index is 12.4. The highest BCUT2D eigenvalue weighted by Gasteiger charge is 2.46. The number of hydrogen-bond acceptors (Lipinski definition) is 3. The quantitative estimate of drug-likeness (QED) is 0.925. The summed E-state index contributed by atoms with van der Waals surface area (Å²) in [5.41, 5.74) is 0.367. The van der Waals surface area contributed by atoms with Crippen molar-refractivity contribution >= 4 is 11.9 Å².